The van der Waals surface area contributed by atoms with Crippen LogP contribution in [0.25, 0.3) is 11.1 Å². The van der Waals surface area contributed by atoms with Crippen LogP contribution in [0.2, 0.25) is 0 Å². The molecule has 2 aromatic rings. The second-order valence-electron chi connectivity index (χ2n) is 3.89. The zero-order valence-corrected chi connectivity index (χ0v) is 9.03. The summed E-state index contributed by atoms with van der Waals surface area (Å²) < 4.78 is 5.58. The zero-order chi connectivity index (χ0) is 10.8. The van der Waals surface area contributed by atoms with E-state index in [0.717, 1.165) is 30.0 Å². The number of benzene rings is 1. The van der Waals surface area contributed by atoms with Crippen molar-refractivity contribution in [3.05, 3.63) is 24.1 Å². The number of likely N-dealkylation sites (N-methyl/N-ethyl adjacent to an activating group) is 1. The lowest BCUT2D eigenvalue weighted by molar-refractivity contribution is 0.390. The number of fused-ring (bicyclic) bond motifs is 1. The summed E-state index contributed by atoms with van der Waals surface area (Å²) in [5, 5.41) is 0. The molecule has 2 rings (SSSR count). The Bertz CT molecular complexity index is 462. The van der Waals surface area contributed by atoms with Gasteiger partial charge >= 0.3 is 0 Å². The fourth-order valence-corrected chi connectivity index (χ4v) is 1.42. The van der Waals surface area contributed by atoms with Crippen molar-refractivity contribution >= 4 is 16.8 Å². The molecule has 0 aliphatic carbocycles. The van der Waals surface area contributed by atoms with Gasteiger partial charge in [0.2, 0.25) is 0 Å². The molecule has 0 aliphatic rings. The highest BCUT2D eigenvalue weighted by molar-refractivity contribution is 5.76. The minimum Gasteiger partial charge on any atom is -0.441 e. The van der Waals surface area contributed by atoms with Gasteiger partial charge in [0.05, 0.1) is 0 Å². The number of hydrogen-bond acceptors (Lipinski definition) is 4. The molecule has 0 amide bonds. The molecule has 4 heteroatoms. The third kappa shape index (κ3) is 2.27. The van der Waals surface area contributed by atoms with Gasteiger partial charge in [0, 0.05) is 24.7 Å². The molecule has 1 heterocycles. The van der Waals surface area contributed by atoms with Crippen molar-refractivity contribution in [3.8, 4) is 0 Å². The van der Waals surface area contributed by atoms with E-state index < -0.39 is 0 Å². The molecule has 0 bridgehead atoms. The predicted molar refractivity (Wildman–Crippen MR) is 60.7 cm³/mol. The Morgan fingerprint density at radius 1 is 1.40 bits per heavy atom. The zero-order valence-electron chi connectivity index (χ0n) is 9.03. The lowest BCUT2D eigenvalue weighted by Gasteiger charge is -2.05. The second-order valence-corrected chi connectivity index (χ2v) is 3.89. The quantitative estimate of drug-likeness (QED) is 0.772. The van der Waals surface area contributed by atoms with Gasteiger partial charge in [0.25, 0.3) is 0 Å². The standard InChI is InChI=1S/C11H15N3O/c1-14(2)6-5-11-13-9-4-3-8(12)7-10(9)15-11/h3-4,7H,5-6,12H2,1-2H3. The summed E-state index contributed by atoms with van der Waals surface area (Å²) in [7, 11) is 4.06. The second kappa shape index (κ2) is 3.90. The van der Waals surface area contributed by atoms with Crippen molar-refractivity contribution in [2.75, 3.05) is 26.4 Å². The highest BCUT2D eigenvalue weighted by Gasteiger charge is 2.05. The van der Waals surface area contributed by atoms with Crippen molar-refractivity contribution in [1.29, 1.82) is 0 Å². The first-order valence-electron chi connectivity index (χ1n) is 4.95. The monoisotopic (exact) mass is 205 g/mol. The van der Waals surface area contributed by atoms with Crippen LogP contribution in [0.5, 0.6) is 0 Å². The van der Waals surface area contributed by atoms with E-state index in [-0.39, 0.29) is 0 Å². The Balaban J connectivity index is 2.23. The van der Waals surface area contributed by atoms with Crippen LogP contribution in [0.3, 0.4) is 0 Å². The summed E-state index contributed by atoms with van der Waals surface area (Å²) in [6, 6.07) is 5.52. The Morgan fingerprint density at radius 2 is 2.20 bits per heavy atom. The van der Waals surface area contributed by atoms with Crippen LogP contribution in [0, 0.1) is 0 Å². The molecule has 2 N–H and O–H groups in total. The number of rotatable bonds is 3. The maximum absolute atomic E-state index is 5.66. The Hall–Kier alpha value is -1.55. The maximum atomic E-state index is 5.66. The molecule has 0 fully saturated rings. The summed E-state index contributed by atoms with van der Waals surface area (Å²) in [4.78, 5) is 6.48. The van der Waals surface area contributed by atoms with Crippen molar-refractivity contribution in [2.24, 2.45) is 0 Å². The maximum Gasteiger partial charge on any atom is 0.196 e. The van der Waals surface area contributed by atoms with Crippen LogP contribution in [-0.2, 0) is 6.42 Å². The average molecular weight is 205 g/mol. The molecule has 0 aliphatic heterocycles. The van der Waals surface area contributed by atoms with Crippen molar-refractivity contribution in [1.82, 2.24) is 9.88 Å². The molecular formula is C11H15N3O. The molecule has 1 aromatic carbocycles. The number of nitrogen functional groups attached to an aromatic ring is 1. The number of hydrogen-bond donors (Lipinski definition) is 1. The summed E-state index contributed by atoms with van der Waals surface area (Å²) in [6.45, 7) is 0.933. The van der Waals surface area contributed by atoms with Crippen molar-refractivity contribution in [3.63, 3.8) is 0 Å². The van der Waals surface area contributed by atoms with Crippen LogP contribution in [0.15, 0.2) is 22.6 Å². The number of anilines is 1. The number of nitrogens with zero attached hydrogens (tertiary/aromatic N) is 2. The first-order chi connectivity index (χ1) is 7.15. The van der Waals surface area contributed by atoms with Gasteiger partial charge in [-0.15, -0.1) is 0 Å². The largest absolute Gasteiger partial charge is 0.441 e. The molecule has 0 saturated heterocycles. The van der Waals surface area contributed by atoms with E-state index >= 15 is 0 Å². The van der Waals surface area contributed by atoms with Gasteiger partial charge in [-0.2, -0.15) is 0 Å². The van der Waals surface area contributed by atoms with Gasteiger partial charge in [-0.1, -0.05) is 0 Å². The third-order valence-electron chi connectivity index (χ3n) is 2.23. The minimum atomic E-state index is 0.706. The Kier molecular flexibility index (Phi) is 2.60. The number of oxazole rings is 1. The molecule has 15 heavy (non-hydrogen) atoms. The van der Waals surface area contributed by atoms with Gasteiger partial charge < -0.3 is 15.1 Å². The van der Waals surface area contributed by atoms with Gasteiger partial charge in [0.15, 0.2) is 11.5 Å². The van der Waals surface area contributed by atoms with E-state index in [1.807, 2.05) is 32.3 Å². The van der Waals surface area contributed by atoms with E-state index in [1.165, 1.54) is 0 Å². The third-order valence-corrected chi connectivity index (χ3v) is 2.23. The lowest BCUT2D eigenvalue weighted by atomic mass is 10.3. The van der Waals surface area contributed by atoms with Gasteiger partial charge in [-0.3, -0.25) is 0 Å². The highest BCUT2D eigenvalue weighted by Crippen LogP contribution is 2.18. The van der Waals surface area contributed by atoms with E-state index in [2.05, 4.69) is 9.88 Å². The molecule has 0 radical (unpaired) electrons. The summed E-state index contributed by atoms with van der Waals surface area (Å²) >= 11 is 0. The van der Waals surface area contributed by atoms with E-state index in [1.54, 1.807) is 0 Å². The molecule has 4 nitrogen and oxygen atoms in total. The number of nitrogens with two attached hydrogens (primary N) is 1. The minimum absolute atomic E-state index is 0.706. The lowest BCUT2D eigenvalue weighted by Crippen LogP contribution is -2.15. The predicted octanol–water partition coefficient (Wildman–Crippen LogP) is 1.51. The topological polar surface area (TPSA) is 55.3 Å². The van der Waals surface area contributed by atoms with Crippen LogP contribution < -0.4 is 5.73 Å². The van der Waals surface area contributed by atoms with Crippen LogP contribution in [0.4, 0.5) is 5.69 Å². The van der Waals surface area contributed by atoms with Gasteiger partial charge in [-0.25, -0.2) is 4.98 Å². The van der Waals surface area contributed by atoms with Crippen molar-refractivity contribution in [2.45, 2.75) is 6.42 Å². The molecular weight excluding hydrogens is 190 g/mol. The number of aromatic nitrogens is 1. The molecule has 0 spiro atoms. The van der Waals surface area contributed by atoms with Crippen LogP contribution in [-0.4, -0.2) is 30.5 Å². The average Bonchev–Trinajstić information content (AvgIpc) is 2.56. The summed E-state index contributed by atoms with van der Waals surface area (Å²) in [5.74, 6) is 0.768. The van der Waals surface area contributed by atoms with E-state index in [9.17, 15) is 0 Å². The van der Waals surface area contributed by atoms with E-state index in [4.69, 9.17) is 10.2 Å². The SMILES string of the molecule is CN(C)CCc1nc2ccc(N)cc2o1. The summed E-state index contributed by atoms with van der Waals surface area (Å²) in [6.07, 6.45) is 0.821. The molecule has 0 unspecified atom stereocenters. The highest BCUT2D eigenvalue weighted by atomic mass is 16.3. The van der Waals surface area contributed by atoms with Crippen LogP contribution >= 0.6 is 0 Å². The molecule has 1 aromatic heterocycles. The first kappa shape index (κ1) is 9.98. The van der Waals surface area contributed by atoms with Gasteiger partial charge in [0.1, 0.15) is 5.52 Å². The van der Waals surface area contributed by atoms with E-state index in [0.29, 0.717) is 5.69 Å². The molecule has 0 saturated carbocycles. The fraction of sp³-hybridized carbons (Fsp3) is 0.364. The Labute approximate surface area is 88.7 Å². The fourth-order valence-electron chi connectivity index (χ4n) is 1.42. The smallest absolute Gasteiger partial charge is 0.196 e. The summed E-state index contributed by atoms with van der Waals surface area (Å²) in [5.41, 5.74) is 8.01. The van der Waals surface area contributed by atoms with Gasteiger partial charge in [-0.05, 0) is 26.2 Å². The Morgan fingerprint density at radius 3 is 2.93 bits per heavy atom. The van der Waals surface area contributed by atoms with Crippen molar-refractivity contribution < 1.29 is 4.42 Å². The van der Waals surface area contributed by atoms with Crippen LogP contribution in [0.1, 0.15) is 5.89 Å². The first-order valence-corrected chi connectivity index (χ1v) is 4.95. The molecule has 0 atom stereocenters. The molecule has 80 valence electrons. The normalized spacial score (nSPS) is 11.4.